The van der Waals surface area contributed by atoms with Crippen LogP contribution in [0.1, 0.15) is 72.9 Å². The first kappa shape index (κ1) is 20.1. The number of aryl methyl sites for hydroxylation is 4. The first-order valence-electron chi connectivity index (χ1n) is 9.84. The summed E-state index contributed by atoms with van der Waals surface area (Å²) >= 11 is 2.00. The lowest BCUT2D eigenvalue weighted by Crippen LogP contribution is -1.98. The van der Waals surface area contributed by atoms with E-state index >= 15 is 0 Å². The Labute approximate surface area is 159 Å². The highest BCUT2D eigenvalue weighted by Gasteiger charge is 2.13. The second kappa shape index (κ2) is 9.48. The average molecular weight is 355 g/mol. The van der Waals surface area contributed by atoms with Gasteiger partial charge in [0.05, 0.1) is 0 Å². The summed E-state index contributed by atoms with van der Waals surface area (Å²) in [6.07, 6.45) is 7.44. The molecule has 0 aliphatic carbocycles. The minimum atomic E-state index is 1.19. The molecule has 0 fully saturated rings. The molecule has 0 heterocycles. The molecular formula is C24H34S. The number of unbranched alkanes of at least 4 members (excludes halogenated alkanes) is 2. The van der Waals surface area contributed by atoms with Gasteiger partial charge in [0, 0.05) is 9.79 Å². The van der Waals surface area contributed by atoms with Gasteiger partial charge in [-0.15, -0.1) is 0 Å². The Morgan fingerprint density at radius 1 is 0.640 bits per heavy atom. The summed E-state index contributed by atoms with van der Waals surface area (Å²) < 4.78 is 0. The highest BCUT2D eigenvalue weighted by atomic mass is 32.2. The normalized spacial score (nSPS) is 11.1. The Kier molecular flexibility index (Phi) is 7.62. The van der Waals surface area contributed by atoms with E-state index in [-0.39, 0.29) is 0 Å². The maximum atomic E-state index is 2.39. The lowest BCUT2D eigenvalue weighted by molar-refractivity contribution is 0.777. The topological polar surface area (TPSA) is 0 Å². The van der Waals surface area contributed by atoms with Crippen molar-refractivity contribution in [1.29, 1.82) is 0 Å². The molecule has 0 bridgehead atoms. The van der Waals surface area contributed by atoms with Crippen molar-refractivity contribution in [2.45, 2.75) is 89.9 Å². The molecule has 0 aromatic heterocycles. The molecule has 0 saturated carbocycles. The molecule has 25 heavy (non-hydrogen) atoms. The van der Waals surface area contributed by atoms with Crippen molar-refractivity contribution in [3.63, 3.8) is 0 Å². The van der Waals surface area contributed by atoms with Crippen LogP contribution in [0.5, 0.6) is 0 Å². The Morgan fingerprint density at radius 2 is 1.04 bits per heavy atom. The van der Waals surface area contributed by atoms with Gasteiger partial charge >= 0.3 is 0 Å². The second-order valence-corrected chi connectivity index (χ2v) is 8.51. The third kappa shape index (κ3) is 5.38. The SMILES string of the molecule is CCCCc1c(C)cc(C)cc1Sc1cc(C)cc(C)c1CCCC. The molecule has 0 atom stereocenters. The molecular weight excluding hydrogens is 320 g/mol. The van der Waals surface area contributed by atoms with Gasteiger partial charge in [-0.3, -0.25) is 0 Å². The zero-order valence-corrected chi connectivity index (χ0v) is 17.8. The van der Waals surface area contributed by atoms with Crippen molar-refractivity contribution in [3.8, 4) is 0 Å². The Balaban J connectivity index is 2.45. The smallest absolute Gasteiger partial charge is 0.0159 e. The van der Waals surface area contributed by atoms with Crippen LogP contribution in [0.25, 0.3) is 0 Å². The van der Waals surface area contributed by atoms with E-state index < -0.39 is 0 Å². The van der Waals surface area contributed by atoms with Crippen molar-refractivity contribution in [2.24, 2.45) is 0 Å². The van der Waals surface area contributed by atoms with E-state index in [1.807, 2.05) is 11.8 Å². The molecule has 0 nitrogen and oxygen atoms in total. The van der Waals surface area contributed by atoms with E-state index in [4.69, 9.17) is 0 Å². The van der Waals surface area contributed by atoms with Crippen LogP contribution >= 0.6 is 11.8 Å². The zero-order valence-electron chi connectivity index (χ0n) is 17.0. The fourth-order valence-corrected chi connectivity index (χ4v) is 5.06. The molecule has 0 saturated heterocycles. The molecule has 136 valence electrons. The van der Waals surface area contributed by atoms with Crippen LogP contribution in [0.4, 0.5) is 0 Å². The van der Waals surface area contributed by atoms with E-state index in [2.05, 4.69) is 65.8 Å². The lowest BCUT2D eigenvalue weighted by Gasteiger charge is -2.17. The first-order valence-corrected chi connectivity index (χ1v) is 10.7. The molecule has 0 N–H and O–H groups in total. The van der Waals surface area contributed by atoms with Gasteiger partial charge in [0.15, 0.2) is 0 Å². The summed E-state index contributed by atoms with van der Waals surface area (Å²) in [4.78, 5) is 2.93. The summed E-state index contributed by atoms with van der Waals surface area (Å²) in [6, 6.07) is 9.47. The molecule has 2 aromatic rings. The molecule has 2 aromatic carbocycles. The van der Waals surface area contributed by atoms with Gasteiger partial charge in [-0.05, 0) is 98.9 Å². The standard InChI is InChI=1S/C24H34S/c1-7-9-11-21-19(5)13-17(3)15-23(21)25-24-16-18(4)14-20(6)22(24)12-10-8-2/h13-16H,7-12H2,1-6H3. The molecule has 0 amide bonds. The van der Waals surface area contributed by atoms with Gasteiger partial charge in [-0.2, -0.15) is 0 Å². The van der Waals surface area contributed by atoms with E-state index in [9.17, 15) is 0 Å². The molecule has 0 aliphatic heterocycles. The quantitative estimate of drug-likeness (QED) is 0.467. The van der Waals surface area contributed by atoms with Crippen molar-refractivity contribution >= 4 is 11.8 Å². The molecule has 0 radical (unpaired) electrons. The van der Waals surface area contributed by atoms with Gasteiger partial charge in [-0.1, -0.05) is 50.6 Å². The first-order chi connectivity index (χ1) is 12.0. The number of rotatable bonds is 8. The van der Waals surface area contributed by atoms with Crippen LogP contribution in [0.3, 0.4) is 0 Å². The van der Waals surface area contributed by atoms with Crippen molar-refractivity contribution < 1.29 is 0 Å². The largest absolute Gasteiger partial charge is 0.0895 e. The van der Waals surface area contributed by atoms with Gasteiger partial charge in [0.1, 0.15) is 0 Å². The van der Waals surface area contributed by atoms with E-state index in [0.717, 1.165) is 0 Å². The van der Waals surface area contributed by atoms with E-state index in [1.54, 1.807) is 11.1 Å². The highest BCUT2D eigenvalue weighted by molar-refractivity contribution is 7.99. The Bertz CT molecular complexity index is 651. The number of benzene rings is 2. The molecule has 0 unspecified atom stereocenters. The van der Waals surface area contributed by atoms with Gasteiger partial charge < -0.3 is 0 Å². The van der Waals surface area contributed by atoms with Gasteiger partial charge in [0.2, 0.25) is 0 Å². The van der Waals surface area contributed by atoms with Crippen molar-refractivity contribution in [1.82, 2.24) is 0 Å². The predicted octanol–water partition coefficient (Wildman–Crippen LogP) is 7.76. The minimum absolute atomic E-state index is 1.19. The summed E-state index contributed by atoms with van der Waals surface area (Å²) in [5.41, 5.74) is 8.77. The Morgan fingerprint density at radius 3 is 1.40 bits per heavy atom. The monoisotopic (exact) mass is 354 g/mol. The number of hydrogen-bond acceptors (Lipinski definition) is 1. The second-order valence-electron chi connectivity index (χ2n) is 7.43. The molecule has 2 rings (SSSR count). The van der Waals surface area contributed by atoms with Crippen LogP contribution in [-0.2, 0) is 12.8 Å². The maximum Gasteiger partial charge on any atom is 0.0159 e. The predicted molar refractivity (Wildman–Crippen MR) is 113 cm³/mol. The van der Waals surface area contributed by atoms with Crippen LogP contribution in [0.2, 0.25) is 0 Å². The fourth-order valence-electron chi connectivity index (χ4n) is 3.57. The van der Waals surface area contributed by atoms with Crippen LogP contribution in [0.15, 0.2) is 34.1 Å². The van der Waals surface area contributed by atoms with Crippen LogP contribution in [0, 0.1) is 27.7 Å². The third-order valence-electron chi connectivity index (χ3n) is 4.93. The highest BCUT2D eigenvalue weighted by Crippen LogP contribution is 2.37. The number of hydrogen-bond donors (Lipinski definition) is 0. The zero-order chi connectivity index (χ0) is 18.4. The van der Waals surface area contributed by atoms with E-state index in [1.165, 1.54) is 70.6 Å². The average Bonchev–Trinajstić information content (AvgIpc) is 2.53. The Hall–Kier alpha value is -1.21. The summed E-state index contributed by atoms with van der Waals surface area (Å²) in [5.74, 6) is 0. The van der Waals surface area contributed by atoms with Gasteiger partial charge in [0.25, 0.3) is 0 Å². The summed E-state index contributed by atoms with van der Waals surface area (Å²) in [6.45, 7) is 13.6. The van der Waals surface area contributed by atoms with Crippen molar-refractivity contribution in [3.05, 3.63) is 57.6 Å². The lowest BCUT2D eigenvalue weighted by atomic mass is 10.0. The minimum Gasteiger partial charge on any atom is -0.0895 e. The van der Waals surface area contributed by atoms with E-state index in [0.29, 0.717) is 0 Å². The molecule has 0 aliphatic rings. The van der Waals surface area contributed by atoms with Crippen molar-refractivity contribution in [2.75, 3.05) is 0 Å². The summed E-state index contributed by atoms with van der Waals surface area (Å²) in [7, 11) is 0. The van der Waals surface area contributed by atoms with Crippen LogP contribution in [-0.4, -0.2) is 0 Å². The van der Waals surface area contributed by atoms with Crippen LogP contribution < -0.4 is 0 Å². The van der Waals surface area contributed by atoms with Gasteiger partial charge in [-0.25, -0.2) is 0 Å². The maximum absolute atomic E-state index is 2.39. The fraction of sp³-hybridized carbons (Fsp3) is 0.500. The summed E-state index contributed by atoms with van der Waals surface area (Å²) in [5, 5.41) is 0. The third-order valence-corrected chi connectivity index (χ3v) is 6.10. The molecule has 0 spiro atoms. The molecule has 1 heteroatoms.